The zero-order chi connectivity index (χ0) is 9.26. The van der Waals surface area contributed by atoms with Gasteiger partial charge in [0.25, 0.3) is 0 Å². The third-order valence-electron chi connectivity index (χ3n) is 1.89. The fourth-order valence-corrected chi connectivity index (χ4v) is 1.16. The van der Waals surface area contributed by atoms with Crippen LogP contribution in [0.1, 0.15) is 23.7 Å². The van der Waals surface area contributed by atoms with E-state index >= 15 is 0 Å². The molecule has 0 amide bonds. The highest BCUT2D eigenvalue weighted by atomic mass is 16.1. The van der Waals surface area contributed by atoms with Gasteiger partial charge in [-0.1, -0.05) is 6.92 Å². The van der Waals surface area contributed by atoms with Crippen LogP contribution >= 0.6 is 0 Å². The van der Waals surface area contributed by atoms with Gasteiger partial charge in [0.1, 0.15) is 0 Å². The first-order chi connectivity index (χ1) is 6.31. The van der Waals surface area contributed by atoms with E-state index in [1.165, 1.54) is 0 Å². The molecule has 0 radical (unpaired) electrons. The zero-order valence-electron chi connectivity index (χ0n) is 7.27. The van der Waals surface area contributed by atoms with Crippen molar-refractivity contribution in [1.82, 2.24) is 14.4 Å². The molecule has 4 heteroatoms. The maximum absolute atomic E-state index is 11.3. The third-order valence-corrected chi connectivity index (χ3v) is 1.89. The average Bonchev–Trinajstić information content (AvgIpc) is 2.63. The van der Waals surface area contributed by atoms with E-state index in [0.29, 0.717) is 17.8 Å². The number of hydrogen-bond acceptors (Lipinski definition) is 3. The van der Waals surface area contributed by atoms with E-state index in [4.69, 9.17) is 0 Å². The summed E-state index contributed by atoms with van der Waals surface area (Å²) in [4.78, 5) is 19.3. The second kappa shape index (κ2) is 2.97. The third kappa shape index (κ3) is 1.30. The number of nitrogens with zero attached hydrogens (tertiary/aromatic N) is 3. The number of hydrogen-bond donors (Lipinski definition) is 0. The van der Waals surface area contributed by atoms with Crippen molar-refractivity contribution in [3.05, 3.63) is 30.4 Å². The Hall–Kier alpha value is -1.71. The molecule has 0 aliphatic carbocycles. The molecule has 13 heavy (non-hydrogen) atoms. The molecule has 0 fully saturated rings. The van der Waals surface area contributed by atoms with E-state index in [9.17, 15) is 4.79 Å². The highest BCUT2D eigenvalue weighted by Gasteiger charge is 2.04. The molecule has 0 saturated carbocycles. The maximum Gasteiger partial charge on any atom is 0.233 e. The second-order valence-corrected chi connectivity index (χ2v) is 2.75. The van der Waals surface area contributed by atoms with Crippen LogP contribution in [0.3, 0.4) is 0 Å². The Kier molecular flexibility index (Phi) is 1.81. The van der Waals surface area contributed by atoms with Crippen molar-refractivity contribution in [2.24, 2.45) is 0 Å². The molecule has 0 aromatic carbocycles. The quantitative estimate of drug-likeness (QED) is 0.647. The van der Waals surface area contributed by atoms with Gasteiger partial charge in [-0.25, -0.2) is 9.97 Å². The molecule has 0 saturated heterocycles. The molecular formula is C9H9N3O. The minimum atomic E-state index is 0.100. The standard InChI is InChI=1S/C9H9N3O/c1-2-8(13)7-5-11-9-10-3-4-12(9)6-7/h3-6H,2H2,1H3. The highest BCUT2D eigenvalue weighted by molar-refractivity contribution is 5.95. The number of carbonyl (C=O) groups excluding carboxylic acids is 1. The van der Waals surface area contributed by atoms with E-state index in [-0.39, 0.29) is 5.78 Å². The van der Waals surface area contributed by atoms with Crippen LogP contribution in [0.5, 0.6) is 0 Å². The van der Waals surface area contributed by atoms with Gasteiger partial charge >= 0.3 is 0 Å². The second-order valence-electron chi connectivity index (χ2n) is 2.75. The van der Waals surface area contributed by atoms with E-state index in [1.807, 2.05) is 6.92 Å². The van der Waals surface area contributed by atoms with E-state index in [1.54, 1.807) is 29.2 Å². The van der Waals surface area contributed by atoms with Crippen molar-refractivity contribution in [2.45, 2.75) is 13.3 Å². The predicted molar refractivity (Wildman–Crippen MR) is 47.6 cm³/mol. The molecule has 0 spiro atoms. The lowest BCUT2D eigenvalue weighted by Crippen LogP contribution is -2.00. The number of carbonyl (C=O) groups is 1. The molecule has 0 N–H and O–H groups in total. The van der Waals surface area contributed by atoms with Crippen molar-refractivity contribution < 1.29 is 4.79 Å². The predicted octanol–water partition coefficient (Wildman–Crippen LogP) is 1.32. The summed E-state index contributed by atoms with van der Waals surface area (Å²) in [7, 11) is 0. The number of aromatic nitrogens is 3. The van der Waals surface area contributed by atoms with Crippen molar-refractivity contribution in [1.29, 1.82) is 0 Å². The van der Waals surface area contributed by atoms with Crippen molar-refractivity contribution in [3.63, 3.8) is 0 Å². The van der Waals surface area contributed by atoms with Gasteiger partial charge < -0.3 is 0 Å². The normalized spacial score (nSPS) is 10.5. The molecule has 0 bridgehead atoms. The molecule has 0 aliphatic rings. The smallest absolute Gasteiger partial charge is 0.233 e. The van der Waals surface area contributed by atoms with Crippen LogP contribution in [0.4, 0.5) is 0 Å². The van der Waals surface area contributed by atoms with E-state index in [0.717, 1.165) is 0 Å². The average molecular weight is 175 g/mol. The number of ketones is 1. The maximum atomic E-state index is 11.3. The summed E-state index contributed by atoms with van der Waals surface area (Å²) in [5.41, 5.74) is 0.632. The van der Waals surface area contributed by atoms with Gasteiger partial charge in [-0.05, 0) is 0 Å². The first-order valence-electron chi connectivity index (χ1n) is 4.13. The summed E-state index contributed by atoms with van der Waals surface area (Å²) in [6.07, 6.45) is 7.24. The van der Waals surface area contributed by atoms with Crippen LogP contribution < -0.4 is 0 Å². The van der Waals surface area contributed by atoms with Crippen LogP contribution in [0.15, 0.2) is 24.8 Å². The van der Waals surface area contributed by atoms with E-state index < -0.39 is 0 Å². The minimum Gasteiger partial charge on any atom is -0.294 e. The Bertz CT molecular complexity index is 447. The molecule has 2 rings (SSSR count). The summed E-state index contributed by atoms with van der Waals surface area (Å²) in [5, 5.41) is 0. The van der Waals surface area contributed by atoms with Gasteiger partial charge in [-0.2, -0.15) is 0 Å². The fourth-order valence-electron chi connectivity index (χ4n) is 1.16. The Morgan fingerprint density at radius 1 is 1.54 bits per heavy atom. The number of Topliss-reactive ketones (excluding diaryl/α,β-unsaturated/α-hetero) is 1. The number of rotatable bonds is 2. The van der Waals surface area contributed by atoms with Gasteiger partial charge in [0, 0.05) is 31.2 Å². The molecular weight excluding hydrogens is 166 g/mol. The summed E-state index contributed by atoms with van der Waals surface area (Å²) < 4.78 is 1.74. The van der Waals surface area contributed by atoms with Crippen molar-refractivity contribution in [3.8, 4) is 0 Å². The topological polar surface area (TPSA) is 47.3 Å². The molecule has 2 heterocycles. The molecule has 2 aromatic rings. The lowest BCUT2D eigenvalue weighted by Gasteiger charge is -1.97. The molecule has 0 atom stereocenters. The van der Waals surface area contributed by atoms with Crippen LogP contribution in [0.25, 0.3) is 5.78 Å². The van der Waals surface area contributed by atoms with Crippen LogP contribution in [0, 0.1) is 0 Å². The Morgan fingerprint density at radius 3 is 3.15 bits per heavy atom. The lowest BCUT2D eigenvalue weighted by molar-refractivity contribution is 0.0987. The van der Waals surface area contributed by atoms with Gasteiger partial charge in [0.15, 0.2) is 5.78 Å². The molecule has 2 aromatic heterocycles. The minimum absolute atomic E-state index is 0.100. The molecule has 4 nitrogen and oxygen atoms in total. The number of fused-ring (bicyclic) bond motifs is 1. The first-order valence-corrected chi connectivity index (χ1v) is 4.13. The fraction of sp³-hybridized carbons (Fsp3) is 0.222. The van der Waals surface area contributed by atoms with Gasteiger partial charge in [-0.15, -0.1) is 0 Å². The van der Waals surface area contributed by atoms with Crippen LogP contribution in [-0.4, -0.2) is 20.2 Å². The van der Waals surface area contributed by atoms with Crippen molar-refractivity contribution >= 4 is 11.6 Å². The highest BCUT2D eigenvalue weighted by Crippen LogP contribution is 2.03. The van der Waals surface area contributed by atoms with Crippen LogP contribution in [0.2, 0.25) is 0 Å². The first kappa shape index (κ1) is 7.91. The Morgan fingerprint density at radius 2 is 2.38 bits per heavy atom. The molecule has 0 unspecified atom stereocenters. The Balaban J connectivity index is 2.54. The molecule has 66 valence electrons. The molecule has 0 aliphatic heterocycles. The lowest BCUT2D eigenvalue weighted by atomic mass is 10.2. The summed E-state index contributed by atoms with van der Waals surface area (Å²) in [6, 6.07) is 0. The van der Waals surface area contributed by atoms with Gasteiger partial charge in [-0.3, -0.25) is 9.20 Å². The monoisotopic (exact) mass is 175 g/mol. The largest absolute Gasteiger partial charge is 0.294 e. The van der Waals surface area contributed by atoms with Crippen LogP contribution in [-0.2, 0) is 0 Å². The summed E-state index contributed by atoms with van der Waals surface area (Å²) in [6.45, 7) is 1.83. The summed E-state index contributed by atoms with van der Waals surface area (Å²) >= 11 is 0. The Labute approximate surface area is 75.2 Å². The SMILES string of the molecule is CCC(=O)c1cnc2nccn2c1. The zero-order valence-corrected chi connectivity index (χ0v) is 7.27. The number of imidazole rings is 1. The summed E-state index contributed by atoms with van der Waals surface area (Å²) in [5.74, 6) is 0.718. The van der Waals surface area contributed by atoms with E-state index in [2.05, 4.69) is 9.97 Å². The van der Waals surface area contributed by atoms with Gasteiger partial charge in [0.2, 0.25) is 5.78 Å². The van der Waals surface area contributed by atoms with Crippen molar-refractivity contribution in [2.75, 3.05) is 0 Å². The van der Waals surface area contributed by atoms with Gasteiger partial charge in [0.05, 0.1) is 5.56 Å².